The van der Waals surface area contributed by atoms with Gasteiger partial charge >= 0.3 is 0 Å². The molecule has 0 radical (unpaired) electrons. The topological polar surface area (TPSA) is 67.7 Å². The van der Waals surface area contributed by atoms with Crippen LogP contribution in [0.4, 0.5) is 0 Å². The van der Waals surface area contributed by atoms with Crippen LogP contribution < -0.4 is 5.73 Å². The van der Waals surface area contributed by atoms with E-state index in [9.17, 15) is 0 Å². The number of aryl methyl sites for hydroxylation is 1. The summed E-state index contributed by atoms with van der Waals surface area (Å²) in [6.07, 6.45) is 4.58. The summed E-state index contributed by atoms with van der Waals surface area (Å²) in [6.45, 7) is 2.02. The van der Waals surface area contributed by atoms with E-state index in [1.165, 1.54) is 0 Å². The highest BCUT2D eigenvalue weighted by Gasteiger charge is 2.11. The molecule has 0 saturated carbocycles. The lowest BCUT2D eigenvalue weighted by Gasteiger charge is -2.10. The molecule has 0 fully saturated rings. The summed E-state index contributed by atoms with van der Waals surface area (Å²) in [5, 5.41) is 11.5. The Morgan fingerprint density at radius 3 is 2.92 bits per heavy atom. The molecule has 0 aliphatic carbocycles. The molecule has 0 spiro atoms. The maximum absolute atomic E-state index is 7.34. The quantitative estimate of drug-likeness (QED) is 0.434. The molecule has 1 aromatic rings. The molecular formula is C8H14N4S. The Morgan fingerprint density at radius 1 is 1.85 bits per heavy atom. The second-order valence-electron chi connectivity index (χ2n) is 2.82. The largest absolute Gasteiger partial charge is 0.387 e. The van der Waals surface area contributed by atoms with E-state index in [1.807, 2.05) is 20.2 Å². The van der Waals surface area contributed by atoms with Crippen LogP contribution in [0.15, 0.2) is 17.3 Å². The highest BCUT2D eigenvalue weighted by molar-refractivity contribution is 8.00. The summed E-state index contributed by atoms with van der Waals surface area (Å²) in [7, 11) is 1.87. The maximum atomic E-state index is 7.34. The van der Waals surface area contributed by atoms with Crippen molar-refractivity contribution in [2.24, 2.45) is 12.8 Å². The summed E-state index contributed by atoms with van der Waals surface area (Å²) < 4.78 is 1.75. The average Bonchev–Trinajstić information content (AvgIpc) is 2.46. The third-order valence-corrected chi connectivity index (χ3v) is 3.03. The molecule has 0 saturated heterocycles. The highest BCUT2D eigenvalue weighted by Crippen LogP contribution is 2.24. The maximum Gasteiger partial charge on any atom is 0.104 e. The molecule has 0 bridgehead atoms. The molecular weight excluding hydrogens is 184 g/mol. The smallest absolute Gasteiger partial charge is 0.104 e. The molecule has 0 aromatic carbocycles. The Balaban J connectivity index is 2.61. The van der Waals surface area contributed by atoms with E-state index >= 15 is 0 Å². The van der Waals surface area contributed by atoms with Gasteiger partial charge < -0.3 is 5.73 Å². The number of nitrogens with zero attached hydrogens (tertiary/aromatic N) is 2. The molecule has 1 unspecified atom stereocenters. The van der Waals surface area contributed by atoms with Crippen LogP contribution in [-0.4, -0.2) is 20.9 Å². The molecule has 5 heteroatoms. The Labute approximate surface area is 82.0 Å². The SMILES string of the molecule is CCC(Sc1cnn(C)c1)C(=N)N. The summed E-state index contributed by atoms with van der Waals surface area (Å²) in [5.41, 5.74) is 5.44. The Hall–Kier alpha value is -0.970. The number of rotatable bonds is 4. The fourth-order valence-corrected chi connectivity index (χ4v) is 1.93. The average molecular weight is 198 g/mol. The van der Waals surface area contributed by atoms with Crippen molar-refractivity contribution in [1.29, 1.82) is 5.41 Å². The molecule has 13 heavy (non-hydrogen) atoms. The molecule has 0 amide bonds. The summed E-state index contributed by atoms with van der Waals surface area (Å²) >= 11 is 1.58. The van der Waals surface area contributed by atoms with Gasteiger partial charge in [0.15, 0.2) is 0 Å². The number of amidine groups is 1. The van der Waals surface area contributed by atoms with E-state index in [2.05, 4.69) is 5.10 Å². The van der Waals surface area contributed by atoms with E-state index in [4.69, 9.17) is 11.1 Å². The van der Waals surface area contributed by atoms with Gasteiger partial charge in [-0.25, -0.2) is 0 Å². The molecule has 0 aliphatic rings. The molecule has 3 N–H and O–H groups in total. The van der Waals surface area contributed by atoms with Crippen molar-refractivity contribution in [3.8, 4) is 0 Å². The monoisotopic (exact) mass is 198 g/mol. The van der Waals surface area contributed by atoms with Crippen LogP contribution in [0.1, 0.15) is 13.3 Å². The van der Waals surface area contributed by atoms with E-state index in [1.54, 1.807) is 22.6 Å². The van der Waals surface area contributed by atoms with Gasteiger partial charge in [0, 0.05) is 18.1 Å². The number of hydrogen-bond acceptors (Lipinski definition) is 3. The molecule has 0 aliphatic heterocycles. The van der Waals surface area contributed by atoms with Crippen molar-refractivity contribution < 1.29 is 0 Å². The lowest BCUT2D eigenvalue weighted by atomic mass is 10.3. The molecule has 1 rings (SSSR count). The van der Waals surface area contributed by atoms with Crippen LogP contribution in [0, 0.1) is 5.41 Å². The van der Waals surface area contributed by atoms with Crippen LogP contribution in [0.2, 0.25) is 0 Å². The number of thioether (sulfide) groups is 1. The molecule has 1 aromatic heterocycles. The molecule has 1 heterocycles. The second-order valence-corrected chi connectivity index (χ2v) is 4.10. The van der Waals surface area contributed by atoms with Gasteiger partial charge in [-0.15, -0.1) is 11.8 Å². The summed E-state index contributed by atoms with van der Waals surface area (Å²) in [4.78, 5) is 1.06. The van der Waals surface area contributed by atoms with Crippen molar-refractivity contribution >= 4 is 17.6 Å². The van der Waals surface area contributed by atoms with Crippen molar-refractivity contribution in [2.45, 2.75) is 23.5 Å². The fourth-order valence-electron chi connectivity index (χ4n) is 0.991. The third kappa shape index (κ3) is 2.77. The zero-order valence-electron chi connectivity index (χ0n) is 7.82. The minimum Gasteiger partial charge on any atom is -0.387 e. The zero-order chi connectivity index (χ0) is 9.84. The van der Waals surface area contributed by atoms with Gasteiger partial charge in [0.25, 0.3) is 0 Å². The van der Waals surface area contributed by atoms with Crippen molar-refractivity contribution in [2.75, 3.05) is 0 Å². The standard InChI is InChI=1S/C8H14N4S/c1-3-7(8(9)10)13-6-4-11-12(2)5-6/h4-5,7H,3H2,1-2H3,(H3,9,10). The first kappa shape index (κ1) is 10.1. The van der Waals surface area contributed by atoms with Gasteiger partial charge in [-0.3, -0.25) is 10.1 Å². The third-order valence-electron chi connectivity index (χ3n) is 1.68. The van der Waals surface area contributed by atoms with Crippen molar-refractivity contribution in [3.63, 3.8) is 0 Å². The van der Waals surface area contributed by atoms with Crippen molar-refractivity contribution in [1.82, 2.24) is 9.78 Å². The predicted octanol–water partition coefficient (Wildman–Crippen LogP) is 1.23. The first-order chi connectivity index (χ1) is 6.13. The van der Waals surface area contributed by atoms with Crippen LogP contribution in [0.3, 0.4) is 0 Å². The summed E-state index contributed by atoms with van der Waals surface area (Å²) in [6, 6.07) is 0. The number of nitrogens with one attached hydrogen (secondary N) is 1. The van der Waals surface area contributed by atoms with E-state index in [-0.39, 0.29) is 11.1 Å². The van der Waals surface area contributed by atoms with Gasteiger partial charge in [-0.05, 0) is 6.42 Å². The fraction of sp³-hybridized carbons (Fsp3) is 0.500. The van der Waals surface area contributed by atoms with Crippen molar-refractivity contribution in [3.05, 3.63) is 12.4 Å². The highest BCUT2D eigenvalue weighted by atomic mass is 32.2. The Bertz CT molecular complexity index is 294. The van der Waals surface area contributed by atoms with Gasteiger partial charge in [-0.1, -0.05) is 6.92 Å². The molecule has 1 atom stereocenters. The lowest BCUT2D eigenvalue weighted by Crippen LogP contribution is -2.23. The first-order valence-corrected chi connectivity index (χ1v) is 5.00. The van der Waals surface area contributed by atoms with E-state index in [0.29, 0.717) is 0 Å². The van der Waals surface area contributed by atoms with Crippen LogP contribution in [-0.2, 0) is 7.05 Å². The van der Waals surface area contributed by atoms with Gasteiger partial charge in [0.1, 0.15) is 5.84 Å². The van der Waals surface area contributed by atoms with Gasteiger partial charge in [0.05, 0.1) is 11.4 Å². The van der Waals surface area contributed by atoms with E-state index in [0.717, 1.165) is 11.3 Å². The van der Waals surface area contributed by atoms with Gasteiger partial charge in [-0.2, -0.15) is 5.10 Å². The minimum absolute atomic E-state index is 0.0733. The predicted molar refractivity (Wildman–Crippen MR) is 55.1 cm³/mol. The van der Waals surface area contributed by atoms with Crippen LogP contribution in [0.5, 0.6) is 0 Å². The van der Waals surface area contributed by atoms with E-state index < -0.39 is 0 Å². The minimum atomic E-state index is 0.0733. The Morgan fingerprint density at radius 2 is 2.54 bits per heavy atom. The Kier molecular flexibility index (Phi) is 3.36. The van der Waals surface area contributed by atoms with Gasteiger partial charge in [0.2, 0.25) is 0 Å². The molecule has 72 valence electrons. The lowest BCUT2D eigenvalue weighted by molar-refractivity contribution is 0.766. The first-order valence-electron chi connectivity index (χ1n) is 4.12. The summed E-state index contributed by atoms with van der Waals surface area (Å²) in [5.74, 6) is 0.233. The van der Waals surface area contributed by atoms with Crippen LogP contribution >= 0.6 is 11.8 Å². The number of nitrogens with two attached hydrogens (primary N) is 1. The second kappa shape index (κ2) is 4.32. The normalized spacial score (nSPS) is 12.8. The number of hydrogen-bond donors (Lipinski definition) is 2. The number of aromatic nitrogens is 2. The molecule has 4 nitrogen and oxygen atoms in total. The zero-order valence-corrected chi connectivity index (χ0v) is 8.64. The van der Waals surface area contributed by atoms with Crippen LogP contribution in [0.25, 0.3) is 0 Å².